The number of nitro groups is 1. The minimum absolute atomic E-state index is 0.0872. The smallest absolute Gasteiger partial charge is 0.295 e. The van der Waals surface area contributed by atoms with Crippen molar-refractivity contribution in [3.05, 3.63) is 34.1 Å². The van der Waals surface area contributed by atoms with Crippen LogP contribution in [0.25, 0.3) is 0 Å². The van der Waals surface area contributed by atoms with E-state index in [1.165, 1.54) is 6.07 Å². The third-order valence-corrected chi connectivity index (χ3v) is 2.50. The van der Waals surface area contributed by atoms with E-state index < -0.39 is 22.3 Å². The average molecular weight is 269 g/mol. The normalized spacial score (nSPS) is 11.9. The molecule has 7 heteroatoms. The van der Waals surface area contributed by atoms with E-state index in [4.69, 9.17) is 0 Å². The van der Waals surface area contributed by atoms with Crippen molar-refractivity contribution in [3.8, 4) is 0 Å². The Kier molecular flexibility index (Phi) is 5.37. The largest absolute Gasteiger partial charge is 0.318 e. The zero-order valence-electron chi connectivity index (χ0n) is 10.8. The highest BCUT2D eigenvalue weighted by Gasteiger charge is 2.20. The van der Waals surface area contributed by atoms with Crippen molar-refractivity contribution in [1.82, 2.24) is 5.32 Å². The number of carbonyl (C=O) groups excluding carboxylic acids is 1. The molecule has 0 fully saturated rings. The van der Waals surface area contributed by atoms with E-state index in [1.807, 2.05) is 6.92 Å². The van der Waals surface area contributed by atoms with E-state index in [0.29, 0.717) is 6.54 Å². The fourth-order valence-electron chi connectivity index (χ4n) is 1.68. The van der Waals surface area contributed by atoms with Crippen LogP contribution in [0.1, 0.15) is 20.3 Å². The molecule has 0 saturated carbocycles. The van der Waals surface area contributed by atoms with Crippen LogP contribution >= 0.6 is 0 Å². The van der Waals surface area contributed by atoms with E-state index in [9.17, 15) is 19.3 Å². The van der Waals surface area contributed by atoms with Crippen molar-refractivity contribution in [2.75, 3.05) is 11.9 Å². The van der Waals surface area contributed by atoms with E-state index in [2.05, 4.69) is 10.6 Å². The number of halogens is 1. The summed E-state index contributed by atoms with van der Waals surface area (Å²) in [6.07, 6.45) is 0.110. The molecule has 1 amide bonds. The standard InChI is InChI=1S/C12H16FN3O3/c1-3-14-8(2)7-11(17)15-12-9(13)5-4-6-10(12)16(18)19/h4-6,8,14H,3,7H2,1-2H3,(H,15,17). The lowest BCUT2D eigenvalue weighted by atomic mass is 10.2. The molecule has 104 valence electrons. The van der Waals surface area contributed by atoms with Gasteiger partial charge in [-0.1, -0.05) is 13.0 Å². The zero-order valence-corrected chi connectivity index (χ0v) is 10.8. The number of carbonyl (C=O) groups is 1. The molecular weight excluding hydrogens is 253 g/mol. The van der Waals surface area contributed by atoms with Crippen molar-refractivity contribution in [3.63, 3.8) is 0 Å². The number of nitrogens with one attached hydrogen (secondary N) is 2. The number of nitro benzene ring substituents is 1. The lowest BCUT2D eigenvalue weighted by Gasteiger charge is -2.12. The molecule has 0 radical (unpaired) electrons. The van der Waals surface area contributed by atoms with Crippen molar-refractivity contribution in [2.45, 2.75) is 26.3 Å². The summed E-state index contributed by atoms with van der Waals surface area (Å²) in [6.45, 7) is 4.41. The highest BCUT2D eigenvalue weighted by Crippen LogP contribution is 2.27. The topological polar surface area (TPSA) is 84.3 Å². The summed E-state index contributed by atoms with van der Waals surface area (Å²) in [6, 6.07) is 3.35. The van der Waals surface area contributed by atoms with Gasteiger partial charge in [-0.3, -0.25) is 14.9 Å². The number of amides is 1. The fourth-order valence-corrected chi connectivity index (χ4v) is 1.68. The lowest BCUT2D eigenvalue weighted by Crippen LogP contribution is -2.30. The molecule has 0 aliphatic rings. The number of hydrogen-bond acceptors (Lipinski definition) is 4. The van der Waals surface area contributed by atoms with Crippen molar-refractivity contribution in [2.24, 2.45) is 0 Å². The van der Waals surface area contributed by atoms with Crippen LogP contribution < -0.4 is 10.6 Å². The lowest BCUT2D eigenvalue weighted by molar-refractivity contribution is -0.384. The molecule has 6 nitrogen and oxygen atoms in total. The Bertz CT molecular complexity index is 479. The van der Waals surface area contributed by atoms with E-state index in [0.717, 1.165) is 12.1 Å². The first kappa shape index (κ1) is 15.0. The molecule has 1 aromatic rings. The van der Waals surface area contributed by atoms with Crippen LogP contribution in [0.2, 0.25) is 0 Å². The van der Waals surface area contributed by atoms with Crippen LogP contribution in [0.4, 0.5) is 15.8 Å². The van der Waals surface area contributed by atoms with Crippen LogP contribution in [0.5, 0.6) is 0 Å². The molecule has 2 N–H and O–H groups in total. The van der Waals surface area contributed by atoms with Crippen LogP contribution in [0, 0.1) is 15.9 Å². The number of rotatable bonds is 6. The average Bonchev–Trinajstić information content (AvgIpc) is 2.31. The van der Waals surface area contributed by atoms with Crippen LogP contribution in [-0.2, 0) is 4.79 Å². The highest BCUT2D eigenvalue weighted by atomic mass is 19.1. The summed E-state index contributed by atoms with van der Waals surface area (Å²) in [7, 11) is 0. The zero-order chi connectivity index (χ0) is 14.4. The Balaban J connectivity index is 2.82. The Labute approximate surface area is 110 Å². The first-order valence-corrected chi connectivity index (χ1v) is 5.91. The van der Waals surface area contributed by atoms with Gasteiger partial charge in [0.25, 0.3) is 5.69 Å². The molecule has 1 rings (SSSR count). The second kappa shape index (κ2) is 6.79. The van der Waals surface area contributed by atoms with Gasteiger partial charge >= 0.3 is 0 Å². The molecule has 0 spiro atoms. The predicted molar refractivity (Wildman–Crippen MR) is 69.4 cm³/mol. The number of anilines is 1. The molecule has 0 saturated heterocycles. The van der Waals surface area contributed by atoms with Crippen LogP contribution in [0.3, 0.4) is 0 Å². The number of para-hydroxylation sites is 1. The summed E-state index contributed by atoms with van der Waals surface area (Å²) in [5.74, 6) is -1.29. The number of hydrogen-bond donors (Lipinski definition) is 2. The first-order valence-electron chi connectivity index (χ1n) is 5.91. The molecule has 19 heavy (non-hydrogen) atoms. The van der Waals surface area contributed by atoms with E-state index in [1.54, 1.807) is 6.92 Å². The van der Waals surface area contributed by atoms with Gasteiger partial charge in [0.1, 0.15) is 0 Å². The Morgan fingerprint density at radius 3 is 2.79 bits per heavy atom. The van der Waals surface area contributed by atoms with Gasteiger partial charge in [-0.15, -0.1) is 0 Å². The van der Waals surface area contributed by atoms with Gasteiger partial charge in [-0.25, -0.2) is 4.39 Å². The second-order valence-electron chi connectivity index (χ2n) is 4.10. The SMILES string of the molecule is CCNC(C)CC(=O)Nc1c(F)cccc1[N+](=O)[O-]. The van der Waals surface area contributed by atoms with Crippen molar-refractivity contribution < 1.29 is 14.1 Å². The van der Waals surface area contributed by atoms with E-state index >= 15 is 0 Å². The number of benzene rings is 1. The van der Waals surface area contributed by atoms with E-state index in [-0.39, 0.29) is 18.2 Å². The molecular formula is C12H16FN3O3. The van der Waals surface area contributed by atoms with Crippen LogP contribution in [0.15, 0.2) is 18.2 Å². The maximum atomic E-state index is 13.5. The minimum atomic E-state index is -0.821. The molecule has 0 bridgehead atoms. The quantitative estimate of drug-likeness (QED) is 0.611. The molecule has 0 aliphatic carbocycles. The van der Waals surface area contributed by atoms with Crippen molar-refractivity contribution >= 4 is 17.3 Å². The Morgan fingerprint density at radius 1 is 1.53 bits per heavy atom. The summed E-state index contributed by atoms with van der Waals surface area (Å²) >= 11 is 0. The summed E-state index contributed by atoms with van der Waals surface area (Å²) in [5.41, 5.74) is -0.842. The molecule has 1 atom stereocenters. The monoisotopic (exact) mass is 269 g/mol. The van der Waals surface area contributed by atoms with Gasteiger partial charge in [0.2, 0.25) is 5.91 Å². The molecule has 1 unspecified atom stereocenters. The van der Waals surface area contributed by atoms with Gasteiger partial charge in [0.05, 0.1) is 4.92 Å². The van der Waals surface area contributed by atoms with Gasteiger partial charge in [0.15, 0.2) is 11.5 Å². The summed E-state index contributed by atoms with van der Waals surface area (Å²) in [5, 5.41) is 16.0. The van der Waals surface area contributed by atoms with Gasteiger partial charge in [-0.05, 0) is 19.5 Å². The molecule has 0 heterocycles. The minimum Gasteiger partial charge on any atom is -0.318 e. The first-order chi connectivity index (χ1) is 8.95. The van der Waals surface area contributed by atoms with Gasteiger partial charge < -0.3 is 10.6 Å². The maximum Gasteiger partial charge on any atom is 0.295 e. The predicted octanol–water partition coefficient (Wildman–Crippen LogP) is 2.06. The molecule has 1 aromatic carbocycles. The Hall–Kier alpha value is -2.02. The van der Waals surface area contributed by atoms with Gasteiger partial charge in [0, 0.05) is 18.5 Å². The third-order valence-electron chi connectivity index (χ3n) is 2.50. The third kappa shape index (κ3) is 4.29. The Morgan fingerprint density at radius 2 is 2.21 bits per heavy atom. The number of nitrogens with zero attached hydrogens (tertiary/aromatic N) is 1. The maximum absolute atomic E-state index is 13.5. The van der Waals surface area contributed by atoms with Crippen molar-refractivity contribution in [1.29, 1.82) is 0 Å². The molecule has 0 aliphatic heterocycles. The summed E-state index contributed by atoms with van der Waals surface area (Å²) < 4.78 is 13.5. The molecule has 0 aromatic heterocycles. The van der Waals surface area contributed by atoms with Gasteiger partial charge in [-0.2, -0.15) is 0 Å². The fraction of sp³-hybridized carbons (Fsp3) is 0.417. The second-order valence-corrected chi connectivity index (χ2v) is 4.10. The van der Waals surface area contributed by atoms with Crippen LogP contribution in [-0.4, -0.2) is 23.4 Å². The summed E-state index contributed by atoms with van der Waals surface area (Å²) in [4.78, 5) is 21.7. The highest BCUT2D eigenvalue weighted by molar-refractivity contribution is 5.93.